The molecule has 1 amide bonds. The Morgan fingerprint density at radius 1 is 1.31 bits per heavy atom. The maximum Gasteiger partial charge on any atom is 0.413 e. The number of nitrogens with zero attached hydrogens (tertiary/aromatic N) is 2. The summed E-state index contributed by atoms with van der Waals surface area (Å²) in [5.74, 6) is 0.849. The zero-order valence-electron chi connectivity index (χ0n) is 15.6. The van der Waals surface area contributed by atoms with Crippen molar-refractivity contribution in [1.29, 1.82) is 0 Å². The van der Waals surface area contributed by atoms with Crippen LogP contribution in [0.5, 0.6) is 0 Å². The Labute approximate surface area is 154 Å². The van der Waals surface area contributed by atoms with E-state index in [1.807, 2.05) is 61.9 Å². The third-order valence-electron chi connectivity index (χ3n) is 4.63. The van der Waals surface area contributed by atoms with Gasteiger partial charge in [-0.05, 0) is 45.6 Å². The van der Waals surface area contributed by atoms with Gasteiger partial charge in [-0.25, -0.2) is 9.48 Å². The van der Waals surface area contributed by atoms with Crippen molar-refractivity contribution in [1.82, 2.24) is 9.78 Å². The molecule has 140 valence electrons. The fourth-order valence-electron chi connectivity index (χ4n) is 3.29. The first kappa shape index (κ1) is 18.5. The number of hydrogen-bond donors (Lipinski definition) is 2. The number of carbonyl (C=O) groups excluding carboxylic acids is 1. The predicted octanol–water partition coefficient (Wildman–Crippen LogP) is 4.02. The number of nitrogens with one attached hydrogen (secondary N) is 1. The summed E-state index contributed by atoms with van der Waals surface area (Å²) in [4.78, 5) is 12.2. The topological polar surface area (TPSA) is 76.4 Å². The summed E-state index contributed by atoms with van der Waals surface area (Å²) in [7, 11) is 0. The molecule has 0 unspecified atom stereocenters. The SMILES string of the molecule is CC(C)(C)n1nc([C@@H]2CC[C@@H](O)C2)cc1NC(=O)OCc1ccccc1. The zero-order valence-corrected chi connectivity index (χ0v) is 15.6. The Morgan fingerprint density at radius 2 is 2.04 bits per heavy atom. The highest BCUT2D eigenvalue weighted by molar-refractivity contribution is 5.83. The van der Waals surface area contributed by atoms with E-state index in [4.69, 9.17) is 9.84 Å². The van der Waals surface area contributed by atoms with Crippen molar-refractivity contribution in [2.24, 2.45) is 0 Å². The Balaban J connectivity index is 1.71. The molecule has 6 heteroatoms. The van der Waals surface area contributed by atoms with Crippen molar-refractivity contribution in [2.75, 3.05) is 5.32 Å². The molecule has 1 aromatic heterocycles. The fraction of sp³-hybridized carbons (Fsp3) is 0.500. The quantitative estimate of drug-likeness (QED) is 0.867. The van der Waals surface area contributed by atoms with Crippen molar-refractivity contribution < 1.29 is 14.6 Å². The van der Waals surface area contributed by atoms with E-state index in [0.717, 1.165) is 30.5 Å². The molecule has 2 aromatic rings. The largest absolute Gasteiger partial charge is 0.444 e. The second kappa shape index (κ2) is 7.50. The van der Waals surface area contributed by atoms with Crippen molar-refractivity contribution in [3.63, 3.8) is 0 Å². The Bertz CT molecular complexity index is 749. The average molecular weight is 357 g/mol. The number of aliphatic hydroxyl groups excluding tert-OH is 1. The molecular formula is C20H27N3O3. The Morgan fingerprint density at radius 3 is 2.65 bits per heavy atom. The van der Waals surface area contributed by atoms with Crippen LogP contribution >= 0.6 is 0 Å². The Hall–Kier alpha value is -2.34. The zero-order chi connectivity index (χ0) is 18.7. The lowest BCUT2D eigenvalue weighted by Gasteiger charge is -2.22. The van der Waals surface area contributed by atoms with E-state index in [9.17, 15) is 9.90 Å². The van der Waals surface area contributed by atoms with E-state index in [1.54, 1.807) is 0 Å². The molecular weight excluding hydrogens is 330 g/mol. The number of anilines is 1. The lowest BCUT2D eigenvalue weighted by Crippen LogP contribution is -2.27. The number of aromatic nitrogens is 2. The minimum Gasteiger partial charge on any atom is -0.444 e. The van der Waals surface area contributed by atoms with E-state index in [1.165, 1.54) is 0 Å². The highest BCUT2D eigenvalue weighted by atomic mass is 16.5. The summed E-state index contributed by atoms with van der Waals surface area (Å²) in [6, 6.07) is 11.5. The molecule has 1 aliphatic carbocycles. The summed E-state index contributed by atoms with van der Waals surface area (Å²) in [6.45, 7) is 6.33. The maximum absolute atomic E-state index is 12.2. The molecule has 0 radical (unpaired) electrons. The third kappa shape index (κ3) is 4.43. The van der Waals surface area contributed by atoms with E-state index < -0.39 is 6.09 Å². The van der Waals surface area contributed by atoms with Crippen molar-refractivity contribution in [3.05, 3.63) is 47.7 Å². The number of ether oxygens (including phenoxy) is 1. The van der Waals surface area contributed by atoms with Gasteiger partial charge in [-0.15, -0.1) is 0 Å². The van der Waals surface area contributed by atoms with Gasteiger partial charge in [0, 0.05) is 12.0 Å². The molecule has 1 heterocycles. The third-order valence-corrected chi connectivity index (χ3v) is 4.63. The molecule has 0 aliphatic heterocycles. The van der Waals surface area contributed by atoms with Crippen molar-refractivity contribution >= 4 is 11.9 Å². The molecule has 6 nitrogen and oxygen atoms in total. The first-order chi connectivity index (χ1) is 12.3. The predicted molar refractivity (Wildman–Crippen MR) is 100 cm³/mol. The average Bonchev–Trinajstić information content (AvgIpc) is 3.20. The lowest BCUT2D eigenvalue weighted by molar-refractivity contribution is 0.154. The minimum atomic E-state index is -0.503. The molecule has 0 spiro atoms. The summed E-state index contributed by atoms with van der Waals surface area (Å²) < 4.78 is 7.14. The van der Waals surface area contributed by atoms with Gasteiger partial charge in [0.2, 0.25) is 0 Å². The fourth-order valence-corrected chi connectivity index (χ4v) is 3.29. The van der Waals surface area contributed by atoms with Gasteiger partial charge in [-0.2, -0.15) is 5.10 Å². The van der Waals surface area contributed by atoms with Crippen LogP contribution in [0.1, 0.15) is 57.2 Å². The van der Waals surface area contributed by atoms with E-state index >= 15 is 0 Å². The van der Waals surface area contributed by atoms with Crippen LogP contribution < -0.4 is 5.32 Å². The van der Waals surface area contributed by atoms with E-state index in [2.05, 4.69) is 5.32 Å². The van der Waals surface area contributed by atoms with Gasteiger partial charge in [0.25, 0.3) is 0 Å². The summed E-state index contributed by atoms with van der Waals surface area (Å²) in [5.41, 5.74) is 1.57. The molecule has 1 fully saturated rings. The molecule has 0 bridgehead atoms. The van der Waals surface area contributed by atoms with Crippen LogP contribution in [0.15, 0.2) is 36.4 Å². The maximum atomic E-state index is 12.2. The summed E-state index contributed by atoms with van der Waals surface area (Å²) in [6.07, 6.45) is 1.68. The summed E-state index contributed by atoms with van der Waals surface area (Å²) in [5, 5.41) is 17.3. The Kier molecular flexibility index (Phi) is 5.32. The monoisotopic (exact) mass is 357 g/mol. The van der Waals surface area contributed by atoms with E-state index in [0.29, 0.717) is 5.82 Å². The second-order valence-corrected chi connectivity index (χ2v) is 7.89. The summed E-state index contributed by atoms with van der Waals surface area (Å²) >= 11 is 0. The number of hydrogen-bond acceptors (Lipinski definition) is 4. The van der Waals surface area contributed by atoms with Gasteiger partial charge in [0.05, 0.1) is 17.3 Å². The smallest absolute Gasteiger partial charge is 0.413 e. The normalized spacial score (nSPS) is 20.2. The number of aliphatic hydroxyl groups is 1. The molecule has 2 atom stereocenters. The van der Waals surface area contributed by atoms with Crippen LogP contribution in [-0.4, -0.2) is 27.1 Å². The number of amides is 1. The lowest BCUT2D eigenvalue weighted by atomic mass is 10.0. The van der Waals surface area contributed by atoms with Crippen LogP contribution in [0.2, 0.25) is 0 Å². The van der Waals surface area contributed by atoms with Gasteiger partial charge in [-0.3, -0.25) is 5.32 Å². The highest BCUT2D eigenvalue weighted by Crippen LogP contribution is 2.36. The molecule has 1 saturated carbocycles. The van der Waals surface area contributed by atoms with Gasteiger partial charge in [0.15, 0.2) is 0 Å². The van der Waals surface area contributed by atoms with Crippen LogP contribution in [0.3, 0.4) is 0 Å². The van der Waals surface area contributed by atoms with Crippen LogP contribution in [0.4, 0.5) is 10.6 Å². The van der Waals surface area contributed by atoms with Gasteiger partial charge >= 0.3 is 6.09 Å². The van der Waals surface area contributed by atoms with Crippen molar-refractivity contribution in [2.45, 2.75) is 64.2 Å². The molecule has 1 aliphatic rings. The van der Waals surface area contributed by atoms with Gasteiger partial charge in [0.1, 0.15) is 12.4 Å². The van der Waals surface area contributed by atoms with Crippen LogP contribution in [0.25, 0.3) is 0 Å². The second-order valence-electron chi connectivity index (χ2n) is 7.89. The van der Waals surface area contributed by atoms with Gasteiger partial charge < -0.3 is 9.84 Å². The van der Waals surface area contributed by atoms with Crippen molar-refractivity contribution in [3.8, 4) is 0 Å². The van der Waals surface area contributed by atoms with E-state index in [-0.39, 0.29) is 24.2 Å². The number of carbonyl (C=O) groups is 1. The first-order valence-corrected chi connectivity index (χ1v) is 9.09. The van der Waals surface area contributed by atoms with Gasteiger partial charge in [-0.1, -0.05) is 30.3 Å². The molecule has 26 heavy (non-hydrogen) atoms. The minimum absolute atomic E-state index is 0.220. The first-order valence-electron chi connectivity index (χ1n) is 9.09. The standard InChI is InChI=1S/C20H27N3O3/c1-20(2,3)23-18(12-17(22-23)15-9-10-16(24)11-15)21-19(25)26-13-14-7-5-4-6-8-14/h4-8,12,15-16,24H,9-11,13H2,1-3H3,(H,21,25)/t15-,16-/m1/s1. The number of benzene rings is 1. The molecule has 2 N–H and O–H groups in total. The molecule has 0 saturated heterocycles. The van der Waals surface area contributed by atoms with Crippen LogP contribution in [-0.2, 0) is 16.9 Å². The number of rotatable bonds is 4. The molecule has 3 rings (SSSR count). The molecule has 1 aromatic carbocycles. The van der Waals surface area contributed by atoms with Crippen LogP contribution in [0, 0.1) is 0 Å². The highest BCUT2D eigenvalue weighted by Gasteiger charge is 2.29.